The van der Waals surface area contributed by atoms with Crippen molar-refractivity contribution in [3.63, 3.8) is 0 Å². The molecular formula is C14H23N5OS. The molecule has 0 bridgehead atoms. The van der Waals surface area contributed by atoms with Gasteiger partial charge in [0.1, 0.15) is 0 Å². The largest absolute Gasteiger partial charge is 0.363 e. The Kier molecular flexibility index (Phi) is 3.88. The molecule has 2 atom stereocenters. The van der Waals surface area contributed by atoms with E-state index >= 15 is 0 Å². The van der Waals surface area contributed by atoms with Gasteiger partial charge in [0, 0.05) is 19.6 Å². The van der Waals surface area contributed by atoms with Crippen LogP contribution in [0.3, 0.4) is 0 Å². The standard InChI is InChI=1S/C14H23N5OS/c1-10-8-19(13-17-16-12(21-13)11(15)20)7-5-14(10)4-3-6-18(2)9-14/h10H,3-9H2,1-2H3,(H2,15,20). The third-order valence-corrected chi connectivity index (χ3v) is 6.11. The summed E-state index contributed by atoms with van der Waals surface area (Å²) in [6, 6.07) is 0. The molecule has 3 heterocycles. The SMILES string of the molecule is CC1CN(c2nnc(C(N)=O)s2)CCC12CCCN(C)C2. The fourth-order valence-corrected chi connectivity index (χ4v) is 4.57. The molecule has 2 N–H and O–H groups in total. The first-order valence-corrected chi connectivity index (χ1v) is 8.39. The van der Waals surface area contributed by atoms with Gasteiger partial charge in [-0.1, -0.05) is 18.3 Å². The van der Waals surface area contributed by atoms with Gasteiger partial charge in [-0.25, -0.2) is 0 Å². The van der Waals surface area contributed by atoms with Crippen LogP contribution in [-0.4, -0.2) is 54.2 Å². The molecule has 0 aromatic carbocycles. The van der Waals surface area contributed by atoms with Gasteiger partial charge in [-0.2, -0.15) is 0 Å². The smallest absolute Gasteiger partial charge is 0.279 e. The monoisotopic (exact) mass is 309 g/mol. The summed E-state index contributed by atoms with van der Waals surface area (Å²) < 4.78 is 0. The molecule has 2 saturated heterocycles. The van der Waals surface area contributed by atoms with E-state index in [1.807, 2.05) is 0 Å². The van der Waals surface area contributed by atoms with E-state index < -0.39 is 5.91 Å². The average Bonchev–Trinajstić information content (AvgIpc) is 2.92. The minimum atomic E-state index is -0.491. The second-order valence-electron chi connectivity index (χ2n) is 6.55. The van der Waals surface area contributed by atoms with Crippen molar-refractivity contribution in [2.45, 2.75) is 26.2 Å². The zero-order valence-corrected chi connectivity index (χ0v) is 13.5. The molecule has 1 spiro atoms. The lowest BCUT2D eigenvalue weighted by molar-refractivity contribution is 0.0369. The average molecular weight is 309 g/mol. The predicted molar refractivity (Wildman–Crippen MR) is 83.6 cm³/mol. The lowest BCUT2D eigenvalue weighted by atomic mass is 9.66. The molecule has 1 amide bonds. The third-order valence-electron chi connectivity index (χ3n) is 5.11. The topological polar surface area (TPSA) is 75.4 Å². The van der Waals surface area contributed by atoms with Gasteiger partial charge in [-0.15, -0.1) is 10.2 Å². The van der Waals surface area contributed by atoms with E-state index in [0.29, 0.717) is 16.3 Å². The highest BCUT2D eigenvalue weighted by molar-refractivity contribution is 7.17. The normalized spacial score (nSPS) is 30.8. The molecule has 3 rings (SSSR count). The van der Waals surface area contributed by atoms with Crippen LogP contribution in [0.25, 0.3) is 0 Å². The fraction of sp³-hybridized carbons (Fsp3) is 0.786. The quantitative estimate of drug-likeness (QED) is 0.888. The van der Waals surface area contributed by atoms with Crippen molar-refractivity contribution in [2.24, 2.45) is 17.1 Å². The van der Waals surface area contributed by atoms with Crippen LogP contribution < -0.4 is 10.6 Å². The maximum atomic E-state index is 11.1. The number of rotatable bonds is 2. The van der Waals surface area contributed by atoms with Crippen LogP contribution >= 0.6 is 11.3 Å². The fourth-order valence-electron chi connectivity index (χ4n) is 3.84. The number of aromatic nitrogens is 2. The Balaban J connectivity index is 1.71. The summed E-state index contributed by atoms with van der Waals surface area (Å²) in [6.45, 7) is 6.75. The number of carbonyl (C=O) groups excluding carboxylic acids is 1. The first kappa shape index (κ1) is 14.7. The Morgan fingerprint density at radius 1 is 1.38 bits per heavy atom. The van der Waals surface area contributed by atoms with Crippen LogP contribution in [0.5, 0.6) is 0 Å². The van der Waals surface area contributed by atoms with Gasteiger partial charge in [-0.05, 0) is 44.2 Å². The Labute approximate surface area is 129 Å². The number of amides is 1. The van der Waals surface area contributed by atoms with Crippen molar-refractivity contribution in [1.29, 1.82) is 0 Å². The molecule has 6 nitrogen and oxygen atoms in total. The van der Waals surface area contributed by atoms with Crippen molar-refractivity contribution in [2.75, 3.05) is 38.1 Å². The minimum Gasteiger partial charge on any atom is -0.363 e. The molecular weight excluding hydrogens is 286 g/mol. The van der Waals surface area contributed by atoms with Gasteiger partial charge in [0.25, 0.3) is 5.91 Å². The molecule has 116 valence electrons. The van der Waals surface area contributed by atoms with Crippen LogP contribution in [0.15, 0.2) is 0 Å². The predicted octanol–water partition coefficient (Wildman–Crippen LogP) is 1.20. The van der Waals surface area contributed by atoms with Crippen LogP contribution in [0.1, 0.15) is 36.0 Å². The maximum absolute atomic E-state index is 11.1. The van der Waals surface area contributed by atoms with E-state index in [2.05, 4.69) is 34.0 Å². The summed E-state index contributed by atoms with van der Waals surface area (Å²) in [4.78, 5) is 15.9. The molecule has 0 saturated carbocycles. The second-order valence-corrected chi connectivity index (χ2v) is 7.51. The molecule has 1 aromatic rings. The van der Waals surface area contributed by atoms with Crippen molar-refractivity contribution in [3.05, 3.63) is 5.01 Å². The van der Waals surface area contributed by atoms with Crippen molar-refractivity contribution < 1.29 is 4.79 Å². The Bertz CT molecular complexity index is 533. The highest BCUT2D eigenvalue weighted by Crippen LogP contribution is 2.44. The number of hydrogen-bond acceptors (Lipinski definition) is 6. The van der Waals surface area contributed by atoms with Crippen molar-refractivity contribution >= 4 is 22.4 Å². The zero-order chi connectivity index (χ0) is 15.0. The number of piperidine rings is 2. The summed E-state index contributed by atoms with van der Waals surface area (Å²) in [5.41, 5.74) is 5.70. The highest BCUT2D eigenvalue weighted by Gasteiger charge is 2.43. The molecule has 0 radical (unpaired) electrons. The summed E-state index contributed by atoms with van der Waals surface area (Å²) in [5.74, 6) is 0.129. The summed E-state index contributed by atoms with van der Waals surface area (Å²) in [5, 5.41) is 9.13. The molecule has 21 heavy (non-hydrogen) atoms. The van der Waals surface area contributed by atoms with E-state index in [-0.39, 0.29) is 0 Å². The van der Waals surface area contributed by atoms with E-state index in [4.69, 9.17) is 5.73 Å². The minimum absolute atomic E-state index is 0.301. The van der Waals surface area contributed by atoms with E-state index in [9.17, 15) is 4.79 Å². The van der Waals surface area contributed by atoms with Crippen LogP contribution in [0, 0.1) is 11.3 Å². The van der Waals surface area contributed by atoms with Crippen LogP contribution in [0.4, 0.5) is 5.13 Å². The number of hydrogen-bond donors (Lipinski definition) is 1. The van der Waals surface area contributed by atoms with Gasteiger partial charge in [-0.3, -0.25) is 4.79 Å². The Morgan fingerprint density at radius 3 is 2.81 bits per heavy atom. The molecule has 2 fully saturated rings. The lowest BCUT2D eigenvalue weighted by Crippen LogP contribution is -2.53. The number of nitrogens with zero attached hydrogens (tertiary/aromatic N) is 4. The summed E-state index contributed by atoms with van der Waals surface area (Å²) >= 11 is 1.30. The molecule has 7 heteroatoms. The van der Waals surface area contributed by atoms with Gasteiger partial charge >= 0.3 is 0 Å². The number of anilines is 1. The third kappa shape index (κ3) is 2.76. The first-order valence-electron chi connectivity index (χ1n) is 7.57. The summed E-state index contributed by atoms with van der Waals surface area (Å²) in [6.07, 6.45) is 3.81. The lowest BCUT2D eigenvalue weighted by Gasteiger charge is -2.51. The van der Waals surface area contributed by atoms with Gasteiger partial charge in [0.05, 0.1) is 0 Å². The molecule has 0 aliphatic carbocycles. The number of primary amides is 1. The van der Waals surface area contributed by atoms with E-state index in [1.165, 1.54) is 43.7 Å². The second kappa shape index (κ2) is 5.53. The zero-order valence-electron chi connectivity index (χ0n) is 12.7. The van der Waals surface area contributed by atoms with Gasteiger partial charge < -0.3 is 15.5 Å². The Morgan fingerprint density at radius 2 is 2.19 bits per heavy atom. The van der Waals surface area contributed by atoms with Crippen LogP contribution in [-0.2, 0) is 0 Å². The van der Waals surface area contributed by atoms with Gasteiger partial charge in [0.2, 0.25) is 10.1 Å². The van der Waals surface area contributed by atoms with Crippen LogP contribution in [0.2, 0.25) is 0 Å². The molecule has 2 aliphatic rings. The maximum Gasteiger partial charge on any atom is 0.279 e. The summed E-state index contributed by atoms with van der Waals surface area (Å²) in [7, 11) is 2.23. The van der Waals surface area contributed by atoms with E-state index in [1.54, 1.807) is 0 Å². The van der Waals surface area contributed by atoms with Crippen molar-refractivity contribution in [3.8, 4) is 0 Å². The first-order chi connectivity index (χ1) is 10.00. The molecule has 2 unspecified atom stereocenters. The Hall–Kier alpha value is -1.21. The van der Waals surface area contributed by atoms with E-state index in [0.717, 1.165) is 18.2 Å². The highest BCUT2D eigenvalue weighted by atomic mass is 32.1. The van der Waals surface area contributed by atoms with Crippen molar-refractivity contribution in [1.82, 2.24) is 15.1 Å². The number of likely N-dealkylation sites (tertiary alicyclic amines) is 1. The molecule has 1 aromatic heterocycles. The molecule has 2 aliphatic heterocycles. The number of carbonyl (C=O) groups is 1. The van der Waals surface area contributed by atoms with Gasteiger partial charge in [0.15, 0.2) is 0 Å². The number of nitrogens with two attached hydrogens (primary N) is 1.